The molecule has 6 nitrogen and oxygen atoms in total. The number of halogens is 1. The highest BCUT2D eigenvalue weighted by atomic mass is 19.1. The average Bonchev–Trinajstić information content (AvgIpc) is 2.65. The fraction of sp³-hybridized carbons (Fsp3) is 0.632. The number of carbonyl (C=O) groups is 1. The number of morpholine rings is 1. The maximum absolute atomic E-state index is 13.5. The number of carboxylic acid groups (broad SMARTS) is 1. The van der Waals surface area contributed by atoms with Crippen LogP contribution in [0.3, 0.4) is 0 Å². The lowest BCUT2D eigenvalue weighted by molar-refractivity contribution is -0.144. The van der Waals surface area contributed by atoms with Crippen molar-refractivity contribution in [2.75, 3.05) is 53.0 Å². The number of methoxy groups -OCH3 is 1. The van der Waals surface area contributed by atoms with Gasteiger partial charge in [-0.05, 0) is 37.9 Å². The summed E-state index contributed by atoms with van der Waals surface area (Å²) in [6.45, 7) is 6.03. The van der Waals surface area contributed by atoms with Gasteiger partial charge in [-0.1, -0.05) is 6.07 Å². The van der Waals surface area contributed by atoms with Crippen molar-refractivity contribution in [1.82, 2.24) is 9.80 Å². The number of hydrogen-bond acceptors (Lipinski definition) is 5. The van der Waals surface area contributed by atoms with Gasteiger partial charge >= 0.3 is 5.97 Å². The predicted molar refractivity (Wildman–Crippen MR) is 94.9 cm³/mol. The summed E-state index contributed by atoms with van der Waals surface area (Å²) < 4.78 is 24.1. The van der Waals surface area contributed by atoms with Crippen molar-refractivity contribution in [3.63, 3.8) is 0 Å². The molecule has 2 aliphatic rings. The standard InChI is InChI=1S/C19H27FN2O4/c1-25-17-12-15(20)2-3-16(17)18(19(23)24)22-6-4-14(5-7-22)13-21-8-10-26-11-9-21/h2-3,12,14,18H,4-11,13H2,1H3,(H,23,24)/t18-/m1/s1. The number of likely N-dealkylation sites (tertiary alicyclic amines) is 1. The summed E-state index contributed by atoms with van der Waals surface area (Å²) in [5, 5.41) is 9.78. The molecular weight excluding hydrogens is 339 g/mol. The van der Waals surface area contributed by atoms with Crippen molar-refractivity contribution in [2.24, 2.45) is 5.92 Å². The zero-order valence-corrected chi connectivity index (χ0v) is 15.2. The fourth-order valence-electron chi connectivity index (χ4n) is 3.94. The van der Waals surface area contributed by atoms with Crippen LogP contribution in [0.2, 0.25) is 0 Å². The van der Waals surface area contributed by atoms with Gasteiger partial charge in [-0.15, -0.1) is 0 Å². The Bertz CT molecular complexity index is 614. The molecule has 2 fully saturated rings. The number of hydrogen-bond donors (Lipinski definition) is 1. The quantitative estimate of drug-likeness (QED) is 0.831. The number of ether oxygens (including phenoxy) is 2. The molecule has 0 bridgehead atoms. The van der Waals surface area contributed by atoms with Crippen LogP contribution < -0.4 is 4.74 Å². The predicted octanol–water partition coefficient (Wildman–Crippen LogP) is 2.00. The number of rotatable bonds is 6. The van der Waals surface area contributed by atoms with Gasteiger partial charge in [0.15, 0.2) is 0 Å². The molecule has 0 unspecified atom stereocenters. The number of benzene rings is 1. The van der Waals surface area contributed by atoms with Gasteiger partial charge in [0.05, 0.1) is 20.3 Å². The van der Waals surface area contributed by atoms with E-state index in [4.69, 9.17) is 9.47 Å². The third kappa shape index (κ3) is 4.52. The summed E-state index contributed by atoms with van der Waals surface area (Å²) in [4.78, 5) is 16.3. The minimum atomic E-state index is -0.929. The molecule has 26 heavy (non-hydrogen) atoms. The molecule has 0 aromatic heterocycles. The molecule has 0 aliphatic carbocycles. The van der Waals surface area contributed by atoms with E-state index in [1.807, 2.05) is 4.90 Å². The molecule has 144 valence electrons. The molecule has 2 aliphatic heterocycles. The van der Waals surface area contributed by atoms with E-state index in [0.29, 0.717) is 24.6 Å². The first-order valence-electron chi connectivity index (χ1n) is 9.19. The van der Waals surface area contributed by atoms with Gasteiger partial charge in [-0.3, -0.25) is 14.6 Å². The van der Waals surface area contributed by atoms with Crippen molar-refractivity contribution in [1.29, 1.82) is 0 Å². The maximum atomic E-state index is 13.5. The van der Waals surface area contributed by atoms with Gasteiger partial charge in [0, 0.05) is 31.3 Å². The summed E-state index contributed by atoms with van der Waals surface area (Å²) in [6.07, 6.45) is 1.93. The van der Waals surface area contributed by atoms with Crippen molar-refractivity contribution >= 4 is 5.97 Å². The van der Waals surface area contributed by atoms with Crippen molar-refractivity contribution < 1.29 is 23.8 Å². The second kappa shape index (κ2) is 8.79. The van der Waals surface area contributed by atoms with Crippen LogP contribution in [0.4, 0.5) is 4.39 Å². The van der Waals surface area contributed by atoms with Crippen molar-refractivity contribution in [3.8, 4) is 5.75 Å². The second-order valence-corrected chi connectivity index (χ2v) is 7.02. The number of nitrogens with zero attached hydrogens (tertiary/aromatic N) is 2. The zero-order chi connectivity index (χ0) is 18.5. The number of aliphatic carboxylic acids is 1. The first-order chi connectivity index (χ1) is 12.6. The lowest BCUT2D eigenvalue weighted by atomic mass is 9.93. The molecule has 3 rings (SSSR count). The third-order valence-corrected chi connectivity index (χ3v) is 5.36. The van der Waals surface area contributed by atoms with E-state index in [0.717, 1.165) is 45.7 Å². The summed E-state index contributed by atoms with van der Waals surface area (Å²) >= 11 is 0. The van der Waals surface area contributed by atoms with Crippen LogP contribution in [0.25, 0.3) is 0 Å². The Kier molecular flexibility index (Phi) is 6.45. The largest absolute Gasteiger partial charge is 0.496 e. The number of piperidine rings is 1. The summed E-state index contributed by atoms with van der Waals surface area (Å²) in [7, 11) is 1.44. The van der Waals surface area contributed by atoms with Gasteiger partial charge < -0.3 is 14.6 Å². The molecule has 0 spiro atoms. The topological polar surface area (TPSA) is 62.2 Å². The molecule has 1 aromatic carbocycles. The van der Waals surface area contributed by atoms with Crippen LogP contribution in [-0.4, -0.2) is 73.9 Å². The van der Waals surface area contributed by atoms with Gasteiger partial charge in [0.2, 0.25) is 0 Å². The molecule has 1 aromatic rings. The van der Waals surface area contributed by atoms with E-state index in [1.165, 1.54) is 25.3 Å². The average molecular weight is 366 g/mol. The molecule has 1 atom stereocenters. The van der Waals surface area contributed by atoms with Gasteiger partial charge in [0.25, 0.3) is 0 Å². The van der Waals surface area contributed by atoms with E-state index in [9.17, 15) is 14.3 Å². The Morgan fingerprint density at radius 3 is 2.62 bits per heavy atom. The Morgan fingerprint density at radius 1 is 1.31 bits per heavy atom. The Labute approximate surface area is 153 Å². The van der Waals surface area contributed by atoms with E-state index in [1.54, 1.807) is 0 Å². The van der Waals surface area contributed by atoms with Gasteiger partial charge in [-0.25, -0.2) is 4.39 Å². The Morgan fingerprint density at radius 2 is 2.00 bits per heavy atom. The minimum absolute atomic E-state index is 0.285. The molecule has 1 N–H and O–H groups in total. The normalized spacial score (nSPS) is 21.5. The molecule has 0 amide bonds. The zero-order valence-electron chi connectivity index (χ0n) is 15.2. The molecule has 2 saturated heterocycles. The van der Waals surface area contributed by atoms with Crippen LogP contribution in [-0.2, 0) is 9.53 Å². The highest BCUT2D eigenvalue weighted by Gasteiger charge is 2.33. The summed E-state index contributed by atoms with van der Waals surface area (Å²) in [5.74, 6) is -0.498. The van der Waals surface area contributed by atoms with Gasteiger partial charge in [0.1, 0.15) is 17.6 Å². The monoisotopic (exact) mass is 366 g/mol. The third-order valence-electron chi connectivity index (χ3n) is 5.36. The Balaban J connectivity index is 1.64. The minimum Gasteiger partial charge on any atom is -0.496 e. The molecule has 0 saturated carbocycles. The van der Waals surface area contributed by atoms with E-state index in [-0.39, 0.29) is 5.75 Å². The maximum Gasteiger partial charge on any atom is 0.325 e. The van der Waals surface area contributed by atoms with Gasteiger partial charge in [-0.2, -0.15) is 0 Å². The summed E-state index contributed by atoms with van der Waals surface area (Å²) in [5.41, 5.74) is 0.507. The lowest BCUT2D eigenvalue weighted by Crippen LogP contribution is -2.44. The van der Waals surface area contributed by atoms with Crippen LogP contribution in [0.1, 0.15) is 24.4 Å². The molecular formula is C19H27FN2O4. The summed E-state index contributed by atoms with van der Waals surface area (Å²) in [6, 6.07) is 3.25. The Hall–Kier alpha value is -1.70. The molecule has 7 heteroatoms. The fourth-order valence-corrected chi connectivity index (χ4v) is 3.94. The van der Waals surface area contributed by atoms with Crippen molar-refractivity contribution in [3.05, 3.63) is 29.6 Å². The number of carboxylic acids is 1. The molecule has 0 radical (unpaired) electrons. The smallest absolute Gasteiger partial charge is 0.325 e. The van der Waals surface area contributed by atoms with E-state index in [2.05, 4.69) is 4.90 Å². The first kappa shape index (κ1) is 19.1. The van der Waals surface area contributed by atoms with Crippen LogP contribution in [0.5, 0.6) is 5.75 Å². The van der Waals surface area contributed by atoms with E-state index >= 15 is 0 Å². The highest BCUT2D eigenvalue weighted by Crippen LogP contribution is 2.33. The lowest BCUT2D eigenvalue weighted by Gasteiger charge is -2.38. The van der Waals surface area contributed by atoms with Crippen molar-refractivity contribution in [2.45, 2.75) is 18.9 Å². The highest BCUT2D eigenvalue weighted by molar-refractivity contribution is 5.76. The van der Waals surface area contributed by atoms with Crippen LogP contribution in [0, 0.1) is 11.7 Å². The van der Waals surface area contributed by atoms with E-state index < -0.39 is 17.8 Å². The van der Waals surface area contributed by atoms with Crippen LogP contribution in [0.15, 0.2) is 18.2 Å². The molecule has 2 heterocycles. The second-order valence-electron chi connectivity index (χ2n) is 7.02. The SMILES string of the molecule is COc1cc(F)ccc1[C@H](C(=O)O)N1CCC(CN2CCOCC2)CC1. The van der Waals surface area contributed by atoms with Crippen LogP contribution >= 0.6 is 0 Å². The first-order valence-corrected chi connectivity index (χ1v) is 9.19.